The van der Waals surface area contributed by atoms with Crippen LogP contribution in [-0.4, -0.2) is 56.2 Å². The van der Waals surface area contributed by atoms with Crippen molar-refractivity contribution in [1.82, 2.24) is 15.6 Å². The van der Waals surface area contributed by atoms with E-state index in [4.69, 9.17) is 21.7 Å². The van der Waals surface area contributed by atoms with Crippen molar-refractivity contribution in [3.8, 4) is 5.75 Å². The van der Waals surface area contributed by atoms with E-state index in [1.165, 1.54) is 0 Å². The minimum Gasteiger partial charge on any atom is -0.496 e. The Morgan fingerprint density at radius 1 is 1.46 bits per heavy atom. The topological polar surface area (TPSA) is 58.1 Å². The van der Waals surface area contributed by atoms with Gasteiger partial charge in [0.25, 0.3) is 0 Å². The minimum absolute atomic E-state index is 0.466. The summed E-state index contributed by atoms with van der Waals surface area (Å²) in [6.07, 6.45) is 3.48. The first kappa shape index (κ1) is 18.4. The molecule has 6 nitrogen and oxygen atoms in total. The zero-order valence-electron chi connectivity index (χ0n) is 14.0. The summed E-state index contributed by atoms with van der Waals surface area (Å²) >= 11 is 5.09. The lowest BCUT2D eigenvalue weighted by Gasteiger charge is -2.27. The van der Waals surface area contributed by atoms with Gasteiger partial charge in [-0.2, -0.15) is 5.10 Å². The number of rotatable bonds is 7. The quantitative estimate of drug-likeness (QED) is 0.337. The van der Waals surface area contributed by atoms with Crippen LogP contribution in [-0.2, 0) is 11.3 Å². The average molecular weight is 348 g/mol. The molecule has 0 saturated carbocycles. The lowest BCUT2D eigenvalue weighted by Crippen LogP contribution is -2.35. The number of benzene rings is 1. The predicted molar refractivity (Wildman–Crippen MR) is 101 cm³/mol. The van der Waals surface area contributed by atoms with Gasteiger partial charge in [0.2, 0.25) is 0 Å². The second-order valence-corrected chi connectivity index (χ2v) is 5.74. The zero-order valence-corrected chi connectivity index (χ0v) is 14.8. The first-order valence-electron chi connectivity index (χ1n) is 7.87. The molecule has 7 heteroatoms. The Morgan fingerprint density at radius 3 is 2.96 bits per heavy atom. The maximum atomic E-state index is 5.47. The second kappa shape index (κ2) is 10.0. The molecule has 1 heterocycles. The van der Waals surface area contributed by atoms with Crippen LogP contribution in [0, 0.1) is 0 Å². The third kappa shape index (κ3) is 5.92. The number of nitrogens with zero attached hydrogens (tertiary/aromatic N) is 2. The van der Waals surface area contributed by atoms with Gasteiger partial charge in [-0.05, 0) is 36.0 Å². The van der Waals surface area contributed by atoms with Gasteiger partial charge in [0.15, 0.2) is 5.11 Å². The molecule has 1 aromatic carbocycles. The van der Waals surface area contributed by atoms with E-state index in [1.807, 2.05) is 12.1 Å². The monoisotopic (exact) mass is 348 g/mol. The minimum atomic E-state index is 0.466. The van der Waals surface area contributed by atoms with Crippen molar-refractivity contribution >= 4 is 23.5 Å². The molecule has 1 aliphatic heterocycles. The molecule has 24 heavy (non-hydrogen) atoms. The number of thiocarbonyl (C=S) groups is 1. The molecule has 1 aliphatic rings. The van der Waals surface area contributed by atoms with Crippen LogP contribution in [0.1, 0.15) is 11.1 Å². The highest BCUT2D eigenvalue weighted by Crippen LogP contribution is 2.21. The van der Waals surface area contributed by atoms with Crippen molar-refractivity contribution in [1.29, 1.82) is 0 Å². The molecule has 1 saturated heterocycles. The summed E-state index contributed by atoms with van der Waals surface area (Å²) in [5.74, 6) is 0.884. The molecule has 0 unspecified atom stereocenters. The van der Waals surface area contributed by atoms with Gasteiger partial charge in [0.1, 0.15) is 5.75 Å². The Hall–Kier alpha value is -1.96. The number of morpholine rings is 1. The summed E-state index contributed by atoms with van der Waals surface area (Å²) < 4.78 is 10.9. The summed E-state index contributed by atoms with van der Waals surface area (Å²) in [7, 11) is 1.69. The van der Waals surface area contributed by atoms with E-state index in [1.54, 1.807) is 19.4 Å². The van der Waals surface area contributed by atoms with Crippen LogP contribution in [0.5, 0.6) is 5.75 Å². The van der Waals surface area contributed by atoms with Crippen LogP contribution in [0.25, 0.3) is 0 Å². The Balaban J connectivity index is 1.98. The molecule has 0 atom stereocenters. The van der Waals surface area contributed by atoms with E-state index in [-0.39, 0.29) is 0 Å². The highest BCUT2D eigenvalue weighted by Gasteiger charge is 2.13. The SMILES string of the molecule is C=CCNC(=S)N/N=C/c1ccc(OC)c(CN2CCOCC2)c1. The maximum absolute atomic E-state index is 5.47. The molecule has 0 amide bonds. The fourth-order valence-electron chi connectivity index (χ4n) is 2.37. The van der Waals surface area contributed by atoms with E-state index >= 15 is 0 Å². The molecule has 0 aromatic heterocycles. The largest absolute Gasteiger partial charge is 0.496 e. The van der Waals surface area contributed by atoms with Crippen LogP contribution in [0.4, 0.5) is 0 Å². The van der Waals surface area contributed by atoms with E-state index < -0.39 is 0 Å². The van der Waals surface area contributed by atoms with E-state index in [0.717, 1.165) is 49.7 Å². The van der Waals surface area contributed by atoms with Gasteiger partial charge < -0.3 is 14.8 Å². The lowest BCUT2D eigenvalue weighted by molar-refractivity contribution is 0.0339. The predicted octanol–water partition coefficient (Wildman–Crippen LogP) is 1.51. The molecule has 1 aromatic rings. The second-order valence-electron chi connectivity index (χ2n) is 5.33. The maximum Gasteiger partial charge on any atom is 0.187 e. The fourth-order valence-corrected chi connectivity index (χ4v) is 2.51. The molecule has 130 valence electrons. The third-order valence-electron chi connectivity index (χ3n) is 3.59. The van der Waals surface area contributed by atoms with Gasteiger partial charge in [0.05, 0.1) is 26.5 Å². The van der Waals surface area contributed by atoms with E-state index in [2.05, 4.69) is 33.4 Å². The Morgan fingerprint density at radius 2 is 2.25 bits per heavy atom. The third-order valence-corrected chi connectivity index (χ3v) is 3.82. The van der Waals surface area contributed by atoms with E-state index in [0.29, 0.717) is 11.7 Å². The summed E-state index contributed by atoms with van der Waals surface area (Å²) in [6, 6.07) is 6.01. The van der Waals surface area contributed by atoms with Crippen molar-refractivity contribution in [3.63, 3.8) is 0 Å². The molecule has 0 bridgehead atoms. The first-order valence-corrected chi connectivity index (χ1v) is 8.28. The highest BCUT2D eigenvalue weighted by molar-refractivity contribution is 7.80. The van der Waals surface area contributed by atoms with Crippen molar-refractivity contribution in [3.05, 3.63) is 42.0 Å². The lowest BCUT2D eigenvalue weighted by atomic mass is 10.1. The Labute approximate surface area is 148 Å². The zero-order chi connectivity index (χ0) is 17.2. The normalized spacial score (nSPS) is 15.2. The number of hydrogen-bond acceptors (Lipinski definition) is 5. The molecule has 1 fully saturated rings. The van der Waals surface area contributed by atoms with Gasteiger partial charge in [-0.1, -0.05) is 6.08 Å². The van der Waals surface area contributed by atoms with Crippen LogP contribution in [0.2, 0.25) is 0 Å². The highest BCUT2D eigenvalue weighted by atomic mass is 32.1. The molecule has 0 aliphatic carbocycles. The number of methoxy groups -OCH3 is 1. The van der Waals surface area contributed by atoms with Crippen molar-refractivity contribution in [2.24, 2.45) is 5.10 Å². The summed E-state index contributed by atoms with van der Waals surface area (Å²) in [5, 5.41) is 7.57. The Kier molecular flexibility index (Phi) is 7.67. The molecule has 2 N–H and O–H groups in total. The van der Waals surface area contributed by atoms with Crippen LogP contribution in [0.3, 0.4) is 0 Å². The van der Waals surface area contributed by atoms with Crippen LogP contribution >= 0.6 is 12.2 Å². The van der Waals surface area contributed by atoms with Gasteiger partial charge in [-0.25, -0.2) is 0 Å². The number of ether oxygens (including phenoxy) is 2. The van der Waals surface area contributed by atoms with Gasteiger partial charge >= 0.3 is 0 Å². The molecular formula is C17H24N4O2S. The number of hydrazone groups is 1. The molecule has 0 spiro atoms. The molecular weight excluding hydrogens is 324 g/mol. The molecule has 0 radical (unpaired) electrons. The van der Waals surface area contributed by atoms with Crippen molar-refractivity contribution in [2.75, 3.05) is 40.0 Å². The van der Waals surface area contributed by atoms with Crippen molar-refractivity contribution < 1.29 is 9.47 Å². The number of hydrogen-bond donors (Lipinski definition) is 2. The Bertz CT molecular complexity index is 586. The van der Waals surface area contributed by atoms with Gasteiger partial charge in [0, 0.05) is 31.7 Å². The van der Waals surface area contributed by atoms with Crippen molar-refractivity contribution in [2.45, 2.75) is 6.54 Å². The van der Waals surface area contributed by atoms with Crippen LogP contribution < -0.4 is 15.5 Å². The fraction of sp³-hybridized carbons (Fsp3) is 0.412. The van der Waals surface area contributed by atoms with Gasteiger partial charge in [-0.3, -0.25) is 10.3 Å². The summed E-state index contributed by atoms with van der Waals surface area (Å²) in [5.41, 5.74) is 4.90. The van der Waals surface area contributed by atoms with E-state index in [9.17, 15) is 0 Å². The smallest absolute Gasteiger partial charge is 0.187 e. The summed E-state index contributed by atoms with van der Waals surface area (Å²) in [6.45, 7) is 8.50. The summed E-state index contributed by atoms with van der Waals surface area (Å²) in [4.78, 5) is 2.36. The number of nitrogens with one attached hydrogen (secondary N) is 2. The standard InChI is InChI=1S/C17H24N4O2S/c1-3-6-18-17(24)20-19-12-14-4-5-16(22-2)15(11-14)13-21-7-9-23-10-8-21/h3-5,11-12H,1,6-10,13H2,2H3,(H2,18,20,24)/b19-12+. The average Bonchev–Trinajstić information content (AvgIpc) is 2.61. The molecule has 2 rings (SSSR count). The van der Waals surface area contributed by atoms with Gasteiger partial charge in [-0.15, -0.1) is 6.58 Å². The first-order chi connectivity index (χ1) is 11.7. The van der Waals surface area contributed by atoms with Crippen LogP contribution in [0.15, 0.2) is 36.0 Å².